The van der Waals surface area contributed by atoms with Crippen molar-refractivity contribution in [3.63, 3.8) is 0 Å². The molecule has 0 aliphatic heterocycles. The van der Waals surface area contributed by atoms with Gasteiger partial charge in [-0.15, -0.1) is 11.8 Å². The summed E-state index contributed by atoms with van der Waals surface area (Å²) in [5.41, 5.74) is 1.94. The third-order valence-electron chi connectivity index (χ3n) is 3.11. The fourth-order valence-electron chi connectivity index (χ4n) is 1.98. The van der Waals surface area contributed by atoms with Crippen LogP contribution in [0.1, 0.15) is 24.5 Å². The van der Waals surface area contributed by atoms with Crippen molar-refractivity contribution in [2.75, 3.05) is 6.54 Å². The summed E-state index contributed by atoms with van der Waals surface area (Å²) in [5.74, 6) is 0.668. The molecule has 1 N–H and O–H groups in total. The summed E-state index contributed by atoms with van der Waals surface area (Å²) in [6.45, 7) is 3.57. The highest BCUT2D eigenvalue weighted by atomic mass is 35.5. The van der Waals surface area contributed by atoms with Gasteiger partial charge in [-0.1, -0.05) is 36.7 Å². The summed E-state index contributed by atoms with van der Waals surface area (Å²) >= 11 is 7.54. The number of rotatable bonds is 7. The van der Waals surface area contributed by atoms with Gasteiger partial charge in [-0.2, -0.15) is 0 Å². The van der Waals surface area contributed by atoms with E-state index in [0.29, 0.717) is 6.54 Å². The predicted molar refractivity (Wildman–Crippen MR) is 89.4 cm³/mol. The Labute approximate surface area is 134 Å². The lowest BCUT2D eigenvalue weighted by Crippen LogP contribution is -2.15. The summed E-state index contributed by atoms with van der Waals surface area (Å²) in [5, 5.41) is 4.00. The molecule has 0 spiro atoms. The highest BCUT2D eigenvalue weighted by Crippen LogP contribution is 2.28. The molecule has 2 aromatic carbocycles. The van der Waals surface area contributed by atoms with Gasteiger partial charge in [0.25, 0.3) is 0 Å². The van der Waals surface area contributed by atoms with E-state index in [2.05, 4.69) is 12.2 Å². The summed E-state index contributed by atoms with van der Waals surface area (Å²) in [4.78, 5) is 0.994. The maximum absolute atomic E-state index is 14.0. The maximum atomic E-state index is 14.0. The van der Waals surface area contributed by atoms with Gasteiger partial charge in [0.15, 0.2) is 0 Å². The second-order valence-electron chi connectivity index (χ2n) is 4.81. The molecule has 4 heteroatoms. The normalized spacial score (nSPS) is 10.8. The Morgan fingerprint density at radius 1 is 1.14 bits per heavy atom. The van der Waals surface area contributed by atoms with Gasteiger partial charge in [-0.3, -0.25) is 0 Å². The quantitative estimate of drug-likeness (QED) is 0.550. The second-order valence-corrected chi connectivity index (χ2v) is 6.26. The molecule has 0 amide bonds. The summed E-state index contributed by atoms with van der Waals surface area (Å²) in [6, 6.07) is 13.0. The van der Waals surface area contributed by atoms with Crippen LogP contribution in [0.5, 0.6) is 0 Å². The average molecular weight is 324 g/mol. The predicted octanol–water partition coefficient (Wildman–Crippen LogP) is 5.27. The highest BCUT2D eigenvalue weighted by molar-refractivity contribution is 7.98. The molecule has 0 radical (unpaired) electrons. The van der Waals surface area contributed by atoms with Gasteiger partial charge in [-0.25, -0.2) is 4.39 Å². The smallest absolute Gasteiger partial charge is 0.128 e. The first-order valence-electron chi connectivity index (χ1n) is 7.06. The van der Waals surface area contributed by atoms with E-state index in [1.54, 1.807) is 17.8 Å². The van der Waals surface area contributed by atoms with Crippen molar-refractivity contribution in [1.29, 1.82) is 0 Å². The van der Waals surface area contributed by atoms with E-state index in [4.69, 9.17) is 11.6 Å². The second kappa shape index (κ2) is 8.42. The summed E-state index contributed by atoms with van der Waals surface area (Å²) in [6.07, 6.45) is 1.04. The molecule has 0 saturated carbocycles. The van der Waals surface area contributed by atoms with Crippen molar-refractivity contribution in [3.05, 3.63) is 64.4 Å². The maximum Gasteiger partial charge on any atom is 0.128 e. The Morgan fingerprint density at radius 3 is 2.62 bits per heavy atom. The lowest BCUT2D eigenvalue weighted by Gasteiger charge is -2.11. The molecule has 2 aromatic rings. The van der Waals surface area contributed by atoms with Crippen LogP contribution in [0.2, 0.25) is 5.02 Å². The largest absolute Gasteiger partial charge is 0.313 e. The van der Waals surface area contributed by atoms with E-state index in [1.807, 2.05) is 30.3 Å². The molecule has 2 rings (SSSR count). The fourth-order valence-corrected chi connectivity index (χ4v) is 3.14. The molecule has 112 valence electrons. The minimum Gasteiger partial charge on any atom is -0.313 e. The van der Waals surface area contributed by atoms with Gasteiger partial charge in [-0.05, 0) is 42.8 Å². The van der Waals surface area contributed by atoms with Crippen LogP contribution in [0.25, 0.3) is 0 Å². The van der Waals surface area contributed by atoms with Gasteiger partial charge >= 0.3 is 0 Å². The Bertz CT molecular complexity index is 572. The molecule has 0 unspecified atom stereocenters. The van der Waals surface area contributed by atoms with Crippen LogP contribution in [0.4, 0.5) is 4.39 Å². The molecule has 0 atom stereocenters. The third-order valence-corrected chi connectivity index (χ3v) is 4.54. The third kappa shape index (κ3) is 5.03. The molecule has 0 bridgehead atoms. The van der Waals surface area contributed by atoms with Gasteiger partial charge in [0.1, 0.15) is 5.82 Å². The molecule has 0 aliphatic carbocycles. The lowest BCUT2D eigenvalue weighted by atomic mass is 10.2. The number of nitrogens with one attached hydrogen (secondary N) is 1. The Balaban J connectivity index is 2.04. The van der Waals surface area contributed by atoms with Crippen molar-refractivity contribution in [2.24, 2.45) is 0 Å². The van der Waals surface area contributed by atoms with Gasteiger partial charge in [0, 0.05) is 27.8 Å². The fraction of sp³-hybridized carbons (Fsp3) is 0.294. The van der Waals surface area contributed by atoms with Crippen molar-refractivity contribution in [1.82, 2.24) is 5.32 Å². The van der Waals surface area contributed by atoms with Crippen LogP contribution in [-0.2, 0) is 12.3 Å². The number of thioether (sulfide) groups is 1. The van der Waals surface area contributed by atoms with E-state index in [0.717, 1.165) is 34.2 Å². The van der Waals surface area contributed by atoms with E-state index >= 15 is 0 Å². The van der Waals surface area contributed by atoms with Crippen LogP contribution in [0, 0.1) is 5.82 Å². The van der Waals surface area contributed by atoms with Gasteiger partial charge in [0.05, 0.1) is 0 Å². The number of halogens is 2. The van der Waals surface area contributed by atoms with E-state index in [1.165, 1.54) is 11.6 Å². The number of hydrogen-bond donors (Lipinski definition) is 1. The first-order chi connectivity index (χ1) is 10.2. The molecular weight excluding hydrogens is 305 g/mol. The van der Waals surface area contributed by atoms with Crippen molar-refractivity contribution >= 4 is 23.4 Å². The molecule has 0 saturated heterocycles. The van der Waals surface area contributed by atoms with Crippen molar-refractivity contribution in [3.8, 4) is 0 Å². The number of hydrogen-bond acceptors (Lipinski definition) is 2. The van der Waals surface area contributed by atoms with Crippen molar-refractivity contribution in [2.45, 2.75) is 30.5 Å². The van der Waals surface area contributed by atoms with E-state index < -0.39 is 0 Å². The number of benzene rings is 2. The SMILES string of the molecule is CCCNCc1c(F)cccc1SCc1ccc(Cl)cc1. The molecule has 0 aromatic heterocycles. The summed E-state index contributed by atoms with van der Waals surface area (Å²) < 4.78 is 14.0. The minimum atomic E-state index is -0.139. The van der Waals surface area contributed by atoms with Crippen LogP contribution < -0.4 is 5.32 Å². The Hall–Kier alpha value is -1.03. The molecule has 21 heavy (non-hydrogen) atoms. The zero-order valence-electron chi connectivity index (χ0n) is 12.0. The van der Waals surface area contributed by atoms with Crippen LogP contribution >= 0.6 is 23.4 Å². The van der Waals surface area contributed by atoms with Crippen LogP contribution in [0.15, 0.2) is 47.4 Å². The molecular formula is C17H19ClFNS. The Kier molecular flexibility index (Phi) is 6.55. The van der Waals surface area contributed by atoms with Crippen molar-refractivity contribution < 1.29 is 4.39 Å². The average Bonchev–Trinajstić information content (AvgIpc) is 2.49. The summed E-state index contributed by atoms with van der Waals surface area (Å²) in [7, 11) is 0. The van der Waals surface area contributed by atoms with Gasteiger partial charge < -0.3 is 5.32 Å². The monoisotopic (exact) mass is 323 g/mol. The highest BCUT2D eigenvalue weighted by Gasteiger charge is 2.08. The van der Waals surface area contributed by atoms with Gasteiger partial charge in [0.2, 0.25) is 0 Å². The first-order valence-corrected chi connectivity index (χ1v) is 8.42. The minimum absolute atomic E-state index is 0.139. The van der Waals surface area contributed by atoms with Crippen LogP contribution in [0.3, 0.4) is 0 Å². The molecule has 0 aliphatic rings. The lowest BCUT2D eigenvalue weighted by molar-refractivity contribution is 0.578. The topological polar surface area (TPSA) is 12.0 Å². The van der Waals surface area contributed by atoms with E-state index in [9.17, 15) is 4.39 Å². The zero-order valence-corrected chi connectivity index (χ0v) is 13.6. The zero-order chi connectivity index (χ0) is 15.1. The standard InChI is InChI=1S/C17H19ClFNS/c1-2-10-20-11-15-16(19)4-3-5-17(15)21-12-13-6-8-14(18)9-7-13/h3-9,20H,2,10-12H2,1H3. The molecule has 1 nitrogen and oxygen atoms in total. The first kappa shape index (κ1) is 16.3. The van der Waals surface area contributed by atoms with E-state index in [-0.39, 0.29) is 5.82 Å². The van der Waals surface area contributed by atoms with Crippen LogP contribution in [-0.4, -0.2) is 6.54 Å². The Morgan fingerprint density at radius 2 is 1.90 bits per heavy atom. The molecule has 0 fully saturated rings. The molecule has 0 heterocycles.